The first kappa shape index (κ1) is 16.3. The maximum Gasteiger partial charge on any atom is 0.0499 e. The Hall–Kier alpha value is -1.20. The summed E-state index contributed by atoms with van der Waals surface area (Å²) in [5.74, 6) is 0. The molecule has 120 valence electrons. The lowest BCUT2D eigenvalue weighted by atomic mass is 10.1. The Balaban J connectivity index is 1.92. The molecule has 0 atom stereocenters. The summed E-state index contributed by atoms with van der Waals surface area (Å²) in [4.78, 5) is 4.13. The lowest BCUT2D eigenvalue weighted by Crippen LogP contribution is -1.82. The van der Waals surface area contributed by atoms with Gasteiger partial charge in [-0.05, 0) is 30.2 Å². The first-order valence-electron chi connectivity index (χ1n) is 7.59. The highest BCUT2D eigenvalue weighted by molar-refractivity contribution is 7.99. The van der Waals surface area contributed by atoms with Crippen molar-refractivity contribution in [2.75, 3.05) is 12.5 Å². The monoisotopic (exact) mass is 384 g/mol. The molecule has 2 aromatic carbocycles. The van der Waals surface area contributed by atoms with E-state index in [9.17, 15) is 0 Å². The predicted octanol–water partition coefficient (Wildman–Crippen LogP) is 7.74. The van der Waals surface area contributed by atoms with E-state index < -0.39 is 0 Å². The lowest BCUT2D eigenvalue weighted by molar-refractivity contribution is 1.42. The van der Waals surface area contributed by atoms with Crippen LogP contribution in [-0.2, 0) is 0 Å². The van der Waals surface area contributed by atoms with E-state index >= 15 is 0 Å². The van der Waals surface area contributed by atoms with E-state index in [1.165, 1.54) is 41.4 Å². The van der Waals surface area contributed by atoms with Crippen LogP contribution in [0.4, 0.5) is 0 Å². The average Bonchev–Trinajstić information content (AvgIpc) is 3.24. The van der Waals surface area contributed by atoms with E-state index in [2.05, 4.69) is 71.8 Å². The van der Waals surface area contributed by atoms with Crippen molar-refractivity contribution in [2.24, 2.45) is 0 Å². The van der Waals surface area contributed by atoms with Crippen LogP contribution < -0.4 is 0 Å². The van der Waals surface area contributed by atoms with Gasteiger partial charge in [0.15, 0.2) is 0 Å². The van der Waals surface area contributed by atoms with Crippen molar-refractivity contribution in [1.29, 1.82) is 0 Å². The Bertz CT molecular complexity index is 994. The fourth-order valence-electron chi connectivity index (χ4n) is 2.94. The minimum absolute atomic E-state index is 1.34. The van der Waals surface area contributed by atoms with Crippen molar-refractivity contribution in [3.63, 3.8) is 0 Å². The summed E-state index contributed by atoms with van der Waals surface area (Å²) in [5.41, 5.74) is 4.08. The first-order chi connectivity index (χ1) is 11.8. The molecule has 0 aliphatic heterocycles. The van der Waals surface area contributed by atoms with Gasteiger partial charge in [0, 0.05) is 46.6 Å². The Labute approximate surface area is 158 Å². The number of benzene rings is 2. The van der Waals surface area contributed by atoms with Gasteiger partial charge in [0.25, 0.3) is 0 Å². The Morgan fingerprint density at radius 3 is 2.29 bits per heavy atom. The summed E-state index contributed by atoms with van der Waals surface area (Å²) in [6.07, 6.45) is 4.34. The number of thioether (sulfide) groups is 2. The van der Waals surface area contributed by atoms with E-state index in [-0.39, 0.29) is 0 Å². The molecule has 0 bridgehead atoms. The maximum absolute atomic E-state index is 2.32. The SMILES string of the molecule is CSc1ccccc1-c1csc(-c2csc3ccccc23)c1SC. The van der Waals surface area contributed by atoms with Crippen LogP contribution in [0.25, 0.3) is 31.7 Å². The van der Waals surface area contributed by atoms with Crippen LogP contribution in [0, 0.1) is 0 Å². The van der Waals surface area contributed by atoms with Gasteiger partial charge in [0.1, 0.15) is 0 Å². The van der Waals surface area contributed by atoms with Gasteiger partial charge in [-0.25, -0.2) is 0 Å². The van der Waals surface area contributed by atoms with Crippen molar-refractivity contribution in [3.05, 3.63) is 59.3 Å². The molecule has 0 amide bonds. The average molecular weight is 385 g/mol. The molecule has 2 aromatic heterocycles. The van der Waals surface area contributed by atoms with Gasteiger partial charge in [-0.3, -0.25) is 0 Å². The highest BCUT2D eigenvalue weighted by Gasteiger charge is 2.18. The summed E-state index contributed by atoms with van der Waals surface area (Å²) < 4.78 is 1.36. The Kier molecular flexibility index (Phi) is 4.72. The second-order valence-electron chi connectivity index (χ2n) is 5.36. The molecule has 4 heteroatoms. The minimum Gasteiger partial charge on any atom is -0.143 e. The molecule has 0 radical (unpaired) electrons. The Morgan fingerprint density at radius 1 is 0.708 bits per heavy atom. The van der Waals surface area contributed by atoms with E-state index in [0.29, 0.717) is 0 Å². The van der Waals surface area contributed by atoms with Crippen LogP contribution in [0.3, 0.4) is 0 Å². The molecule has 0 spiro atoms. The van der Waals surface area contributed by atoms with Crippen molar-refractivity contribution < 1.29 is 0 Å². The van der Waals surface area contributed by atoms with Crippen LogP contribution in [0.1, 0.15) is 0 Å². The normalized spacial score (nSPS) is 11.2. The quantitative estimate of drug-likeness (QED) is 0.330. The highest BCUT2D eigenvalue weighted by Crippen LogP contribution is 2.48. The zero-order valence-corrected chi connectivity index (χ0v) is 16.7. The van der Waals surface area contributed by atoms with Gasteiger partial charge >= 0.3 is 0 Å². The van der Waals surface area contributed by atoms with E-state index in [1.54, 1.807) is 0 Å². The summed E-state index contributed by atoms with van der Waals surface area (Å²) >= 11 is 7.37. The number of thiophene rings is 2. The zero-order chi connectivity index (χ0) is 16.5. The molecular formula is C20H16S4. The van der Waals surface area contributed by atoms with Gasteiger partial charge < -0.3 is 0 Å². The standard InChI is InChI=1S/C20H16S4/c1-21-17-9-5-3-7-13(17)15-12-24-20(19(15)22-2)16-11-23-18-10-6-4-8-14(16)18/h3-12H,1-2H3. The highest BCUT2D eigenvalue weighted by atomic mass is 32.2. The predicted molar refractivity (Wildman–Crippen MR) is 114 cm³/mol. The molecule has 24 heavy (non-hydrogen) atoms. The minimum atomic E-state index is 1.34. The summed E-state index contributed by atoms with van der Waals surface area (Å²) in [7, 11) is 0. The van der Waals surface area contributed by atoms with Crippen LogP contribution in [0.2, 0.25) is 0 Å². The second-order valence-corrected chi connectivity index (χ2v) is 8.81. The van der Waals surface area contributed by atoms with Gasteiger partial charge in [0.2, 0.25) is 0 Å². The van der Waals surface area contributed by atoms with Crippen molar-refractivity contribution in [2.45, 2.75) is 9.79 Å². The summed E-state index contributed by atoms with van der Waals surface area (Å²) in [5, 5.41) is 5.99. The van der Waals surface area contributed by atoms with E-state index in [4.69, 9.17) is 0 Å². The third kappa shape index (κ3) is 2.72. The lowest BCUT2D eigenvalue weighted by Gasteiger charge is -2.09. The molecule has 0 fully saturated rings. The number of fused-ring (bicyclic) bond motifs is 1. The molecule has 0 N–H and O–H groups in total. The van der Waals surface area contributed by atoms with E-state index in [1.807, 2.05) is 46.2 Å². The third-order valence-corrected chi connectivity index (χ3v) is 7.81. The fourth-order valence-corrected chi connectivity index (χ4v) is 6.73. The molecule has 4 aromatic rings. The largest absolute Gasteiger partial charge is 0.143 e. The van der Waals surface area contributed by atoms with Crippen molar-refractivity contribution in [1.82, 2.24) is 0 Å². The molecule has 0 aliphatic carbocycles. The molecule has 0 unspecified atom stereocenters. The molecular weight excluding hydrogens is 368 g/mol. The number of rotatable bonds is 4. The first-order valence-corrected chi connectivity index (χ1v) is 11.8. The molecule has 0 saturated carbocycles. The molecule has 0 nitrogen and oxygen atoms in total. The van der Waals surface area contributed by atoms with Crippen LogP contribution >= 0.6 is 46.2 Å². The summed E-state index contributed by atoms with van der Waals surface area (Å²) in [6.45, 7) is 0. The van der Waals surface area contributed by atoms with Gasteiger partial charge in [-0.2, -0.15) is 0 Å². The van der Waals surface area contributed by atoms with Crippen molar-refractivity contribution >= 4 is 56.3 Å². The number of hydrogen-bond acceptors (Lipinski definition) is 4. The molecule has 4 rings (SSSR count). The van der Waals surface area contributed by atoms with Gasteiger partial charge in [0.05, 0.1) is 0 Å². The molecule has 0 aliphatic rings. The van der Waals surface area contributed by atoms with Crippen LogP contribution in [0.15, 0.2) is 69.1 Å². The third-order valence-electron chi connectivity index (χ3n) is 4.07. The molecule has 0 saturated heterocycles. The van der Waals surface area contributed by atoms with Gasteiger partial charge in [-0.15, -0.1) is 46.2 Å². The van der Waals surface area contributed by atoms with Crippen molar-refractivity contribution in [3.8, 4) is 21.6 Å². The van der Waals surface area contributed by atoms with Crippen LogP contribution in [-0.4, -0.2) is 12.5 Å². The smallest absolute Gasteiger partial charge is 0.0499 e. The van der Waals surface area contributed by atoms with E-state index in [0.717, 1.165) is 0 Å². The second kappa shape index (κ2) is 6.96. The Morgan fingerprint density at radius 2 is 1.46 bits per heavy atom. The van der Waals surface area contributed by atoms with Gasteiger partial charge in [-0.1, -0.05) is 36.4 Å². The molecule has 2 heterocycles. The zero-order valence-electron chi connectivity index (χ0n) is 13.4. The van der Waals surface area contributed by atoms with Crippen LogP contribution in [0.5, 0.6) is 0 Å². The number of hydrogen-bond donors (Lipinski definition) is 0. The topological polar surface area (TPSA) is 0 Å². The maximum atomic E-state index is 2.32. The summed E-state index contributed by atoms with van der Waals surface area (Å²) in [6, 6.07) is 17.4. The fraction of sp³-hybridized carbons (Fsp3) is 0.100.